The average molecular weight is 400 g/mol. The highest BCUT2D eigenvalue weighted by Gasteiger charge is 2.14. The fraction of sp³-hybridized carbons (Fsp3) is 0.565. The van der Waals surface area contributed by atoms with Gasteiger partial charge in [-0.25, -0.2) is 0 Å². The van der Waals surface area contributed by atoms with Crippen molar-refractivity contribution in [3.8, 4) is 5.75 Å². The third-order valence-corrected chi connectivity index (χ3v) is 5.77. The number of hydrogen-bond acceptors (Lipinski definition) is 4. The van der Waals surface area contributed by atoms with Crippen LogP contribution in [0.3, 0.4) is 0 Å². The maximum absolute atomic E-state index is 12.1. The zero-order valence-corrected chi connectivity index (χ0v) is 17.7. The number of nitrogens with one attached hydrogen (secondary N) is 1. The van der Waals surface area contributed by atoms with Gasteiger partial charge in [0, 0.05) is 31.5 Å². The van der Waals surface area contributed by atoms with E-state index >= 15 is 0 Å². The van der Waals surface area contributed by atoms with Crippen LogP contribution in [0.25, 0.3) is 10.9 Å². The van der Waals surface area contributed by atoms with E-state index in [0.717, 1.165) is 36.3 Å². The van der Waals surface area contributed by atoms with E-state index in [1.54, 1.807) is 11.6 Å². The molecule has 0 atom stereocenters. The Morgan fingerprint density at radius 2 is 1.97 bits per heavy atom. The molecule has 2 aromatic rings. The summed E-state index contributed by atoms with van der Waals surface area (Å²) in [5.74, 6) is 1.50. The Bertz CT molecular complexity index is 869. The summed E-state index contributed by atoms with van der Waals surface area (Å²) < 4.78 is 7.43. The Morgan fingerprint density at radius 1 is 1.21 bits per heavy atom. The Morgan fingerprint density at radius 3 is 2.76 bits per heavy atom. The highest BCUT2D eigenvalue weighted by atomic mass is 16.5. The van der Waals surface area contributed by atoms with Gasteiger partial charge in [-0.1, -0.05) is 19.1 Å². The van der Waals surface area contributed by atoms with Crippen LogP contribution in [0, 0.1) is 5.92 Å². The number of aryl methyl sites for hydroxylation is 1. The van der Waals surface area contributed by atoms with E-state index in [4.69, 9.17) is 4.74 Å². The van der Waals surface area contributed by atoms with Crippen molar-refractivity contribution in [3.63, 3.8) is 0 Å². The fourth-order valence-electron chi connectivity index (χ4n) is 3.82. The topological polar surface area (TPSA) is 63.6 Å². The monoisotopic (exact) mass is 399 g/mol. The number of para-hydroxylation sites is 1. The number of aromatic nitrogens is 1. The summed E-state index contributed by atoms with van der Waals surface area (Å²) in [5.41, 5.74) is 0.746. The molecular formula is C23H33N3O3. The van der Waals surface area contributed by atoms with Gasteiger partial charge < -0.3 is 19.5 Å². The lowest BCUT2D eigenvalue weighted by Gasteiger charge is -2.30. The van der Waals surface area contributed by atoms with E-state index in [1.165, 1.54) is 32.0 Å². The molecule has 2 heterocycles. The first kappa shape index (κ1) is 21.4. The van der Waals surface area contributed by atoms with Crippen LogP contribution in [0.15, 0.2) is 35.1 Å². The SMILES string of the molecule is CC1CCN(CCCNC(=O)CCCOc2cc(=O)n(C)c3ccccc23)CC1. The molecule has 6 nitrogen and oxygen atoms in total. The lowest BCUT2D eigenvalue weighted by atomic mass is 9.99. The van der Waals surface area contributed by atoms with E-state index in [1.807, 2.05) is 24.3 Å². The minimum atomic E-state index is -0.0976. The summed E-state index contributed by atoms with van der Waals surface area (Å²) in [5, 5.41) is 3.91. The van der Waals surface area contributed by atoms with E-state index in [0.29, 0.717) is 25.2 Å². The first-order valence-electron chi connectivity index (χ1n) is 10.7. The molecule has 0 saturated carbocycles. The van der Waals surface area contributed by atoms with Crippen molar-refractivity contribution in [3.05, 3.63) is 40.7 Å². The smallest absolute Gasteiger partial charge is 0.254 e. The molecular weight excluding hydrogens is 366 g/mol. The first-order valence-corrected chi connectivity index (χ1v) is 10.7. The minimum Gasteiger partial charge on any atom is -0.493 e. The number of likely N-dealkylation sites (tertiary alicyclic amines) is 1. The number of rotatable bonds is 9. The second kappa shape index (κ2) is 10.4. The molecule has 0 unspecified atom stereocenters. The molecule has 1 amide bonds. The second-order valence-corrected chi connectivity index (χ2v) is 8.10. The second-order valence-electron chi connectivity index (χ2n) is 8.10. The standard InChI is InChI=1S/C23H33N3O3/c1-18-10-14-26(15-11-18)13-6-12-24-22(27)9-5-16-29-21-17-23(28)25(2)20-8-4-3-7-19(20)21/h3-4,7-8,17-18H,5-6,9-16H2,1-2H3,(H,24,27). The van der Waals surface area contributed by atoms with E-state index in [2.05, 4.69) is 17.1 Å². The molecule has 1 N–H and O–H groups in total. The van der Waals surface area contributed by atoms with Crippen molar-refractivity contribution < 1.29 is 9.53 Å². The van der Waals surface area contributed by atoms with E-state index in [-0.39, 0.29) is 11.5 Å². The van der Waals surface area contributed by atoms with Crippen LogP contribution in [0.2, 0.25) is 0 Å². The number of fused-ring (bicyclic) bond motifs is 1. The van der Waals surface area contributed by atoms with Gasteiger partial charge in [0.2, 0.25) is 5.91 Å². The molecule has 6 heteroatoms. The van der Waals surface area contributed by atoms with Crippen LogP contribution in [0.5, 0.6) is 5.75 Å². The fourth-order valence-corrected chi connectivity index (χ4v) is 3.82. The van der Waals surface area contributed by atoms with Gasteiger partial charge in [0.25, 0.3) is 5.56 Å². The highest BCUT2D eigenvalue weighted by molar-refractivity contribution is 5.85. The number of nitrogens with zero attached hydrogens (tertiary/aromatic N) is 2. The van der Waals surface area contributed by atoms with Crippen LogP contribution < -0.4 is 15.6 Å². The van der Waals surface area contributed by atoms with Crippen molar-refractivity contribution in [2.45, 2.75) is 39.0 Å². The van der Waals surface area contributed by atoms with Crippen LogP contribution in [-0.2, 0) is 11.8 Å². The molecule has 1 fully saturated rings. The number of piperidine rings is 1. The van der Waals surface area contributed by atoms with Crippen LogP contribution >= 0.6 is 0 Å². The normalized spacial score (nSPS) is 15.5. The zero-order valence-electron chi connectivity index (χ0n) is 17.7. The summed E-state index contributed by atoms with van der Waals surface area (Å²) in [7, 11) is 1.75. The van der Waals surface area contributed by atoms with Crippen molar-refractivity contribution in [1.29, 1.82) is 0 Å². The van der Waals surface area contributed by atoms with Crippen LogP contribution in [-0.4, -0.2) is 48.2 Å². The maximum atomic E-state index is 12.1. The molecule has 1 aromatic heterocycles. The summed E-state index contributed by atoms with van der Waals surface area (Å²) in [6, 6.07) is 9.20. The van der Waals surface area contributed by atoms with Gasteiger partial charge in [0.15, 0.2) is 0 Å². The predicted molar refractivity (Wildman–Crippen MR) is 116 cm³/mol. The summed E-state index contributed by atoms with van der Waals surface area (Å²) in [6.45, 7) is 6.89. The lowest BCUT2D eigenvalue weighted by Crippen LogP contribution is -2.35. The third kappa shape index (κ3) is 6.07. The van der Waals surface area contributed by atoms with Gasteiger partial charge in [-0.2, -0.15) is 0 Å². The Kier molecular flexibility index (Phi) is 7.69. The van der Waals surface area contributed by atoms with Gasteiger partial charge in [-0.15, -0.1) is 0 Å². The van der Waals surface area contributed by atoms with Crippen LogP contribution in [0.1, 0.15) is 39.0 Å². The van der Waals surface area contributed by atoms with Crippen molar-refractivity contribution in [1.82, 2.24) is 14.8 Å². The Labute approximate surface area is 172 Å². The lowest BCUT2D eigenvalue weighted by molar-refractivity contribution is -0.121. The average Bonchev–Trinajstić information content (AvgIpc) is 2.73. The summed E-state index contributed by atoms with van der Waals surface area (Å²) in [4.78, 5) is 26.6. The van der Waals surface area contributed by atoms with E-state index in [9.17, 15) is 9.59 Å². The highest BCUT2D eigenvalue weighted by Crippen LogP contribution is 2.23. The van der Waals surface area contributed by atoms with Crippen molar-refractivity contribution in [2.75, 3.05) is 32.8 Å². The molecule has 1 saturated heterocycles. The number of benzene rings is 1. The third-order valence-electron chi connectivity index (χ3n) is 5.77. The molecule has 1 aliphatic heterocycles. The number of ether oxygens (including phenoxy) is 1. The molecule has 0 bridgehead atoms. The van der Waals surface area contributed by atoms with Gasteiger partial charge in [-0.3, -0.25) is 9.59 Å². The quantitative estimate of drug-likeness (QED) is 0.659. The molecule has 29 heavy (non-hydrogen) atoms. The number of carbonyl (C=O) groups is 1. The van der Waals surface area contributed by atoms with Gasteiger partial charge in [0.1, 0.15) is 5.75 Å². The van der Waals surface area contributed by atoms with Crippen LogP contribution in [0.4, 0.5) is 0 Å². The first-order chi connectivity index (χ1) is 14.0. The van der Waals surface area contributed by atoms with Crippen molar-refractivity contribution in [2.24, 2.45) is 13.0 Å². The molecule has 1 aromatic carbocycles. The predicted octanol–water partition coefficient (Wildman–Crippen LogP) is 2.94. The molecule has 0 radical (unpaired) electrons. The Hall–Kier alpha value is -2.34. The number of hydrogen-bond donors (Lipinski definition) is 1. The van der Waals surface area contributed by atoms with Crippen molar-refractivity contribution >= 4 is 16.8 Å². The number of amides is 1. The van der Waals surface area contributed by atoms with Gasteiger partial charge in [-0.05, 0) is 63.4 Å². The molecule has 3 rings (SSSR count). The largest absolute Gasteiger partial charge is 0.493 e. The molecule has 1 aliphatic rings. The molecule has 0 aliphatic carbocycles. The molecule has 0 spiro atoms. The van der Waals surface area contributed by atoms with Gasteiger partial charge >= 0.3 is 0 Å². The molecule has 158 valence electrons. The zero-order chi connectivity index (χ0) is 20.6. The summed E-state index contributed by atoms with van der Waals surface area (Å²) >= 11 is 0. The maximum Gasteiger partial charge on any atom is 0.254 e. The number of carbonyl (C=O) groups excluding carboxylic acids is 1. The minimum absolute atomic E-state index is 0.0645. The Balaban J connectivity index is 1.34. The number of pyridine rings is 1. The summed E-state index contributed by atoms with van der Waals surface area (Å²) in [6.07, 6.45) is 4.63. The van der Waals surface area contributed by atoms with Gasteiger partial charge in [0.05, 0.1) is 12.1 Å². The van der Waals surface area contributed by atoms with E-state index < -0.39 is 0 Å².